The molecule has 1 atom stereocenters. The Morgan fingerprint density at radius 3 is 2.70 bits per heavy atom. The molecule has 0 amide bonds. The van der Waals surface area contributed by atoms with E-state index in [0.717, 1.165) is 22.0 Å². The summed E-state index contributed by atoms with van der Waals surface area (Å²) in [5.41, 5.74) is 24.9. The van der Waals surface area contributed by atoms with Crippen molar-refractivity contribution in [2.75, 3.05) is 18.1 Å². The molecular formula is C28H29N7O2. The zero-order chi connectivity index (χ0) is 26.1. The molecule has 5 rings (SSSR count). The highest BCUT2D eigenvalue weighted by Crippen LogP contribution is 2.37. The number of anilines is 2. The van der Waals surface area contributed by atoms with Gasteiger partial charge in [-0.2, -0.15) is 0 Å². The van der Waals surface area contributed by atoms with E-state index in [1.54, 1.807) is 12.5 Å². The molecule has 5 aromatic rings. The molecule has 4 aromatic heterocycles. The molecule has 9 nitrogen and oxygen atoms in total. The van der Waals surface area contributed by atoms with Crippen LogP contribution in [0, 0.1) is 6.92 Å². The lowest BCUT2D eigenvalue weighted by Gasteiger charge is -2.17. The van der Waals surface area contributed by atoms with Crippen molar-refractivity contribution in [2.45, 2.75) is 26.3 Å². The number of nitrogen functional groups attached to an aromatic ring is 2. The van der Waals surface area contributed by atoms with Gasteiger partial charge in [0.25, 0.3) is 0 Å². The van der Waals surface area contributed by atoms with Crippen molar-refractivity contribution < 1.29 is 9.15 Å². The number of aromatic amines is 1. The second-order valence-electron chi connectivity index (χ2n) is 9.06. The normalized spacial score (nSPS) is 12.1. The molecule has 37 heavy (non-hydrogen) atoms. The van der Waals surface area contributed by atoms with E-state index in [4.69, 9.17) is 31.3 Å². The van der Waals surface area contributed by atoms with Crippen molar-refractivity contribution in [3.8, 4) is 28.3 Å². The van der Waals surface area contributed by atoms with E-state index in [0.29, 0.717) is 52.0 Å². The lowest BCUT2D eigenvalue weighted by atomic mass is 10.0. The van der Waals surface area contributed by atoms with Crippen LogP contribution in [0.1, 0.15) is 23.9 Å². The summed E-state index contributed by atoms with van der Waals surface area (Å²) < 4.78 is 11.6. The van der Waals surface area contributed by atoms with E-state index in [1.807, 2.05) is 50.4 Å². The number of ether oxygens (including phenoxy) is 1. The van der Waals surface area contributed by atoms with Crippen molar-refractivity contribution in [1.82, 2.24) is 19.9 Å². The van der Waals surface area contributed by atoms with Crippen LogP contribution in [0.5, 0.6) is 5.75 Å². The molecule has 0 spiro atoms. The molecule has 7 N–H and O–H groups in total. The molecule has 0 saturated heterocycles. The minimum atomic E-state index is -0.260. The van der Waals surface area contributed by atoms with Gasteiger partial charge in [-0.1, -0.05) is 24.8 Å². The molecular weight excluding hydrogens is 466 g/mol. The highest BCUT2D eigenvalue weighted by atomic mass is 16.5. The van der Waals surface area contributed by atoms with Gasteiger partial charge < -0.3 is 31.3 Å². The van der Waals surface area contributed by atoms with Crippen molar-refractivity contribution >= 4 is 28.1 Å². The molecule has 0 saturated carbocycles. The topological polar surface area (TPSA) is 155 Å². The summed E-state index contributed by atoms with van der Waals surface area (Å²) in [4.78, 5) is 17.0. The standard InChI is InChI=1S/C28H29N7O2/c1-15(2)25-28(31)33-13-23(34-25)21-11-24(27(30)35-26(21)19-8-9-36-16(19)3)37-14-18(29)10-17-12-32-22-7-5-4-6-20(17)22/h4-9,11-13,18,32H,1,10,14,29H2,2-3H3,(H2,30,35)(H2,31,33). The quantitative estimate of drug-likeness (QED) is 0.241. The number of rotatable bonds is 8. The van der Waals surface area contributed by atoms with Gasteiger partial charge in [0.15, 0.2) is 11.6 Å². The monoisotopic (exact) mass is 495 g/mol. The van der Waals surface area contributed by atoms with Crippen LogP contribution in [0.2, 0.25) is 0 Å². The molecule has 0 bridgehead atoms. The molecule has 0 radical (unpaired) electrons. The van der Waals surface area contributed by atoms with Crippen LogP contribution in [0.3, 0.4) is 0 Å². The zero-order valence-electron chi connectivity index (χ0n) is 20.8. The number of furan rings is 1. The third-order valence-electron chi connectivity index (χ3n) is 6.22. The molecule has 0 aliphatic carbocycles. The summed E-state index contributed by atoms with van der Waals surface area (Å²) in [5, 5.41) is 1.15. The van der Waals surface area contributed by atoms with Crippen LogP contribution in [0.15, 0.2) is 66.1 Å². The number of nitrogens with two attached hydrogens (primary N) is 3. The maximum absolute atomic E-state index is 6.44. The first-order chi connectivity index (χ1) is 17.8. The van der Waals surface area contributed by atoms with E-state index in [1.165, 1.54) is 0 Å². The number of benzene rings is 1. The van der Waals surface area contributed by atoms with Crippen LogP contribution in [0.4, 0.5) is 11.6 Å². The largest absolute Gasteiger partial charge is 0.488 e. The maximum atomic E-state index is 6.44. The van der Waals surface area contributed by atoms with E-state index in [9.17, 15) is 0 Å². The predicted octanol–water partition coefficient (Wildman–Crippen LogP) is 4.73. The summed E-state index contributed by atoms with van der Waals surface area (Å²) in [6, 6.07) is 11.5. The predicted molar refractivity (Wildman–Crippen MR) is 147 cm³/mol. The minimum absolute atomic E-state index is 0.238. The second kappa shape index (κ2) is 9.79. The molecule has 1 aromatic carbocycles. The van der Waals surface area contributed by atoms with Crippen LogP contribution >= 0.6 is 0 Å². The Bertz CT molecular complexity index is 1600. The number of H-pyrrole nitrogens is 1. The fourth-order valence-electron chi connectivity index (χ4n) is 4.34. The summed E-state index contributed by atoms with van der Waals surface area (Å²) in [6.45, 7) is 7.90. The molecule has 0 aliphatic rings. The molecule has 188 valence electrons. The lowest BCUT2D eigenvalue weighted by molar-refractivity contribution is 0.288. The van der Waals surface area contributed by atoms with Crippen molar-refractivity contribution in [2.24, 2.45) is 5.73 Å². The summed E-state index contributed by atoms with van der Waals surface area (Å²) in [7, 11) is 0. The highest BCUT2D eigenvalue weighted by molar-refractivity contribution is 5.84. The van der Waals surface area contributed by atoms with Crippen LogP contribution < -0.4 is 21.9 Å². The van der Waals surface area contributed by atoms with Gasteiger partial charge in [-0.25, -0.2) is 15.0 Å². The summed E-state index contributed by atoms with van der Waals surface area (Å²) >= 11 is 0. The van der Waals surface area contributed by atoms with Gasteiger partial charge in [0.05, 0.1) is 23.8 Å². The van der Waals surface area contributed by atoms with Crippen LogP contribution in [-0.4, -0.2) is 32.6 Å². The summed E-state index contributed by atoms with van der Waals surface area (Å²) in [5.74, 6) is 1.65. The average Bonchev–Trinajstić information content (AvgIpc) is 3.49. The van der Waals surface area contributed by atoms with Gasteiger partial charge in [0.2, 0.25) is 0 Å². The fourth-order valence-corrected chi connectivity index (χ4v) is 4.34. The number of nitrogens with zero attached hydrogens (tertiary/aromatic N) is 3. The number of aryl methyl sites for hydroxylation is 1. The Labute approximate surface area is 214 Å². The first kappa shape index (κ1) is 24.1. The fraction of sp³-hybridized carbons (Fsp3) is 0.179. The van der Waals surface area contributed by atoms with Crippen LogP contribution in [-0.2, 0) is 6.42 Å². The Morgan fingerprint density at radius 2 is 1.95 bits per heavy atom. The van der Waals surface area contributed by atoms with E-state index in [2.05, 4.69) is 27.6 Å². The van der Waals surface area contributed by atoms with Gasteiger partial charge in [-0.05, 0) is 49.6 Å². The van der Waals surface area contributed by atoms with E-state index >= 15 is 0 Å². The van der Waals surface area contributed by atoms with Crippen LogP contribution in [0.25, 0.3) is 39.0 Å². The van der Waals surface area contributed by atoms with Gasteiger partial charge in [0.1, 0.15) is 23.9 Å². The maximum Gasteiger partial charge on any atom is 0.166 e. The van der Waals surface area contributed by atoms with Gasteiger partial charge in [0, 0.05) is 34.3 Å². The number of aromatic nitrogens is 4. The Balaban J connectivity index is 1.47. The third kappa shape index (κ3) is 4.76. The third-order valence-corrected chi connectivity index (χ3v) is 6.22. The van der Waals surface area contributed by atoms with Gasteiger partial charge in [-0.15, -0.1) is 0 Å². The number of hydrogen-bond acceptors (Lipinski definition) is 8. The zero-order valence-corrected chi connectivity index (χ0v) is 20.8. The van der Waals surface area contributed by atoms with Gasteiger partial charge >= 0.3 is 0 Å². The SMILES string of the molecule is C=C(C)c1nc(-c2cc(OCC(N)Cc3c[nH]c4ccccc34)c(N)nc2-c2ccoc2C)cnc1N. The first-order valence-corrected chi connectivity index (χ1v) is 11.9. The molecule has 9 heteroatoms. The number of fused-ring (bicyclic) bond motifs is 1. The van der Waals surface area contributed by atoms with Gasteiger partial charge in [-0.3, -0.25) is 0 Å². The molecule has 1 unspecified atom stereocenters. The Kier molecular flexibility index (Phi) is 6.37. The number of nitrogens with one attached hydrogen (secondary N) is 1. The number of pyridine rings is 1. The van der Waals surface area contributed by atoms with Crippen molar-refractivity contribution in [3.63, 3.8) is 0 Å². The number of allylic oxidation sites excluding steroid dienone is 1. The lowest BCUT2D eigenvalue weighted by Crippen LogP contribution is -2.30. The number of hydrogen-bond donors (Lipinski definition) is 4. The van der Waals surface area contributed by atoms with Crippen molar-refractivity contribution in [3.05, 3.63) is 78.7 Å². The number of para-hydroxylation sites is 1. The Hall–Kier alpha value is -4.63. The second-order valence-corrected chi connectivity index (χ2v) is 9.06. The van der Waals surface area contributed by atoms with E-state index < -0.39 is 0 Å². The highest BCUT2D eigenvalue weighted by Gasteiger charge is 2.20. The van der Waals surface area contributed by atoms with E-state index in [-0.39, 0.29) is 18.5 Å². The molecule has 0 aliphatic heterocycles. The smallest absolute Gasteiger partial charge is 0.166 e. The van der Waals surface area contributed by atoms with Crippen molar-refractivity contribution in [1.29, 1.82) is 0 Å². The Morgan fingerprint density at radius 1 is 1.14 bits per heavy atom. The first-order valence-electron chi connectivity index (χ1n) is 11.9. The average molecular weight is 496 g/mol. The summed E-state index contributed by atoms with van der Waals surface area (Å²) in [6.07, 6.45) is 5.83. The minimum Gasteiger partial charge on any atom is -0.488 e. The molecule has 4 heterocycles. The molecule has 0 fully saturated rings.